The monoisotopic (exact) mass is 499 g/mol. The Labute approximate surface area is 214 Å². The van der Waals surface area contributed by atoms with Crippen molar-refractivity contribution in [2.24, 2.45) is 0 Å². The molecule has 2 aliphatic rings. The van der Waals surface area contributed by atoms with Gasteiger partial charge in [-0.3, -0.25) is 9.59 Å². The number of nitrogens with zero attached hydrogens (tertiary/aromatic N) is 2. The Balaban J connectivity index is 1.48. The second-order valence-corrected chi connectivity index (χ2v) is 10.1. The molecule has 3 heterocycles. The van der Waals surface area contributed by atoms with Gasteiger partial charge in [-0.15, -0.1) is 0 Å². The number of carbonyl (C=O) groups excluding carboxylic acids is 2. The number of aliphatic hydroxyl groups excluding tert-OH is 1. The van der Waals surface area contributed by atoms with Crippen LogP contribution in [0.25, 0.3) is 10.9 Å². The van der Waals surface area contributed by atoms with E-state index in [1.54, 1.807) is 4.90 Å². The molecule has 0 spiro atoms. The van der Waals surface area contributed by atoms with Crippen LogP contribution in [0.15, 0.2) is 78.9 Å². The number of halogens is 1. The maximum absolute atomic E-state index is 14.1. The van der Waals surface area contributed by atoms with Crippen molar-refractivity contribution in [3.8, 4) is 0 Å². The summed E-state index contributed by atoms with van der Waals surface area (Å²) in [7, 11) is 0. The Kier molecular flexibility index (Phi) is 5.39. The van der Waals surface area contributed by atoms with Crippen LogP contribution in [0.4, 0.5) is 0 Å². The lowest BCUT2D eigenvalue weighted by molar-refractivity contribution is -0.167. The van der Waals surface area contributed by atoms with Gasteiger partial charge in [-0.05, 0) is 35.7 Å². The lowest BCUT2D eigenvalue weighted by atomic mass is 9.76. The average molecular weight is 500 g/mol. The van der Waals surface area contributed by atoms with Crippen molar-refractivity contribution in [3.05, 3.63) is 106 Å². The molecule has 6 nitrogen and oxygen atoms in total. The van der Waals surface area contributed by atoms with Crippen LogP contribution in [-0.2, 0) is 15.1 Å². The van der Waals surface area contributed by atoms with Gasteiger partial charge in [0.05, 0.1) is 24.9 Å². The minimum Gasteiger partial charge on any atom is -0.387 e. The molecule has 7 heteroatoms. The fourth-order valence-corrected chi connectivity index (χ4v) is 6.12. The number of rotatable bonds is 4. The Morgan fingerprint density at radius 2 is 1.72 bits per heavy atom. The molecular formula is C29H26ClN3O3. The van der Waals surface area contributed by atoms with Gasteiger partial charge in [-0.1, -0.05) is 78.3 Å². The topological polar surface area (TPSA) is 76.6 Å². The second-order valence-electron chi connectivity index (χ2n) is 9.72. The van der Waals surface area contributed by atoms with Gasteiger partial charge in [-0.2, -0.15) is 0 Å². The van der Waals surface area contributed by atoms with Gasteiger partial charge in [0.1, 0.15) is 0 Å². The van der Waals surface area contributed by atoms with E-state index in [1.165, 1.54) is 4.90 Å². The van der Waals surface area contributed by atoms with E-state index in [4.69, 9.17) is 11.6 Å². The summed E-state index contributed by atoms with van der Waals surface area (Å²) in [5.74, 6) is -0.544. The first-order valence-electron chi connectivity index (χ1n) is 12.1. The molecule has 36 heavy (non-hydrogen) atoms. The van der Waals surface area contributed by atoms with E-state index in [0.717, 1.165) is 22.0 Å². The van der Waals surface area contributed by atoms with E-state index in [-0.39, 0.29) is 30.8 Å². The average Bonchev–Trinajstić information content (AvgIpc) is 3.29. The number of nitrogens with one attached hydrogen (secondary N) is 1. The largest absolute Gasteiger partial charge is 0.387 e. The standard InChI is InChI=1S/C29H26ClN3O3/c1-29-27-26(20-12-6-8-14-23(20)31-27)21(19-11-5-7-13-22(19)30)15-33(29)25(35)17-32(28(29)36)16-24(34)18-9-3-2-4-10-18/h2-14,21,24,31,34H,15-17H2,1H3/t21?,24?,29-/m1/s1. The molecule has 2 N–H and O–H groups in total. The Bertz CT molecular complexity index is 1480. The smallest absolute Gasteiger partial charge is 0.255 e. The van der Waals surface area contributed by atoms with Crippen molar-refractivity contribution in [2.75, 3.05) is 19.6 Å². The lowest BCUT2D eigenvalue weighted by Crippen LogP contribution is -2.67. The molecule has 182 valence electrons. The Hall–Kier alpha value is -3.61. The number of benzene rings is 3. The summed E-state index contributed by atoms with van der Waals surface area (Å²) in [5, 5.41) is 12.5. The zero-order chi connectivity index (χ0) is 25.0. The number of aromatic nitrogens is 1. The van der Waals surface area contributed by atoms with Gasteiger partial charge in [0.15, 0.2) is 5.54 Å². The highest BCUT2D eigenvalue weighted by molar-refractivity contribution is 6.31. The molecule has 0 radical (unpaired) electrons. The highest BCUT2D eigenvalue weighted by atomic mass is 35.5. The van der Waals surface area contributed by atoms with Crippen molar-refractivity contribution in [3.63, 3.8) is 0 Å². The van der Waals surface area contributed by atoms with Crippen molar-refractivity contribution in [1.82, 2.24) is 14.8 Å². The van der Waals surface area contributed by atoms with Crippen LogP contribution < -0.4 is 0 Å². The highest BCUT2D eigenvalue weighted by Gasteiger charge is 2.56. The summed E-state index contributed by atoms with van der Waals surface area (Å²) in [5.41, 5.74) is 3.01. The van der Waals surface area contributed by atoms with Gasteiger partial charge in [-0.25, -0.2) is 0 Å². The van der Waals surface area contributed by atoms with Gasteiger partial charge >= 0.3 is 0 Å². The zero-order valence-electron chi connectivity index (χ0n) is 19.8. The molecule has 2 unspecified atom stereocenters. The number of aromatic amines is 1. The van der Waals surface area contributed by atoms with Crippen molar-refractivity contribution >= 4 is 34.3 Å². The number of aliphatic hydroxyl groups is 1. The molecule has 1 fully saturated rings. The number of β-amino-alcohol motifs (C(OH)–C–C–N with tert-alkyl or cyclic N) is 1. The van der Waals surface area contributed by atoms with Gasteiger partial charge in [0.2, 0.25) is 5.91 Å². The fraction of sp³-hybridized carbons (Fsp3) is 0.241. The van der Waals surface area contributed by atoms with Crippen LogP contribution in [0, 0.1) is 0 Å². The summed E-state index contributed by atoms with van der Waals surface area (Å²) in [6, 6.07) is 24.8. The molecule has 1 saturated heterocycles. The minimum atomic E-state index is -1.22. The number of para-hydroxylation sites is 1. The maximum Gasteiger partial charge on any atom is 0.255 e. The van der Waals surface area contributed by atoms with Crippen LogP contribution in [0.3, 0.4) is 0 Å². The fourth-order valence-electron chi connectivity index (χ4n) is 5.85. The van der Waals surface area contributed by atoms with Gasteiger partial charge in [0.25, 0.3) is 5.91 Å². The third-order valence-electron chi connectivity index (χ3n) is 7.68. The summed E-state index contributed by atoms with van der Waals surface area (Å²) in [6.45, 7) is 2.12. The van der Waals surface area contributed by atoms with Crippen molar-refractivity contribution in [2.45, 2.75) is 24.5 Å². The molecular weight excluding hydrogens is 474 g/mol. The molecule has 3 aromatic carbocycles. The molecule has 4 aromatic rings. The van der Waals surface area contributed by atoms with E-state index in [9.17, 15) is 14.7 Å². The number of piperazine rings is 1. The first kappa shape index (κ1) is 22.8. The molecule has 1 aromatic heterocycles. The summed E-state index contributed by atoms with van der Waals surface area (Å²) < 4.78 is 0. The van der Waals surface area contributed by atoms with Crippen molar-refractivity contribution in [1.29, 1.82) is 0 Å². The third-order valence-corrected chi connectivity index (χ3v) is 8.02. The molecule has 0 saturated carbocycles. The number of carbonyl (C=O) groups is 2. The Morgan fingerprint density at radius 1 is 1.03 bits per heavy atom. The van der Waals surface area contributed by atoms with E-state index in [1.807, 2.05) is 85.8 Å². The molecule has 6 rings (SSSR count). The molecule has 2 amide bonds. The summed E-state index contributed by atoms with van der Waals surface area (Å²) in [6.07, 6.45) is -0.889. The quantitative estimate of drug-likeness (QED) is 0.431. The van der Waals surface area contributed by atoms with E-state index in [0.29, 0.717) is 22.8 Å². The highest BCUT2D eigenvalue weighted by Crippen LogP contribution is 2.49. The van der Waals surface area contributed by atoms with E-state index < -0.39 is 11.6 Å². The molecule has 0 aliphatic carbocycles. The van der Waals surface area contributed by atoms with Gasteiger partial charge in [0, 0.05) is 28.4 Å². The maximum atomic E-state index is 14.1. The van der Waals surface area contributed by atoms with Crippen LogP contribution in [-0.4, -0.2) is 51.3 Å². The molecule has 3 atom stereocenters. The second kappa shape index (κ2) is 8.50. The number of hydrogen-bond acceptors (Lipinski definition) is 3. The first-order valence-corrected chi connectivity index (χ1v) is 12.5. The van der Waals surface area contributed by atoms with E-state index in [2.05, 4.69) is 4.98 Å². The summed E-state index contributed by atoms with van der Waals surface area (Å²) >= 11 is 6.64. The van der Waals surface area contributed by atoms with Gasteiger partial charge < -0.3 is 19.9 Å². The predicted molar refractivity (Wildman–Crippen MR) is 139 cm³/mol. The third kappa shape index (κ3) is 3.36. The predicted octanol–water partition coefficient (Wildman–Crippen LogP) is 4.59. The van der Waals surface area contributed by atoms with Crippen LogP contribution in [0.1, 0.15) is 41.3 Å². The SMILES string of the molecule is C[C@@]12C(=O)N(CC(O)c3ccccc3)CC(=O)N1CC(c1ccccc1Cl)c1c2[nH]c2ccccc12. The van der Waals surface area contributed by atoms with Crippen LogP contribution in [0.2, 0.25) is 5.02 Å². The Morgan fingerprint density at radius 3 is 2.50 bits per heavy atom. The van der Waals surface area contributed by atoms with Crippen LogP contribution >= 0.6 is 11.6 Å². The first-order chi connectivity index (χ1) is 17.4. The molecule has 0 bridgehead atoms. The number of fused-ring (bicyclic) bond motifs is 5. The minimum absolute atomic E-state index is 0.0432. The normalized spacial score (nSPS) is 22.5. The number of H-pyrrole nitrogens is 1. The van der Waals surface area contributed by atoms with Crippen molar-refractivity contribution < 1.29 is 14.7 Å². The lowest BCUT2D eigenvalue weighted by Gasteiger charge is -2.51. The summed E-state index contributed by atoms with van der Waals surface area (Å²) in [4.78, 5) is 34.4. The van der Waals surface area contributed by atoms with Crippen LogP contribution in [0.5, 0.6) is 0 Å². The van der Waals surface area contributed by atoms with E-state index >= 15 is 0 Å². The number of amides is 2. The number of hydrogen-bond donors (Lipinski definition) is 2. The molecule has 2 aliphatic heterocycles. The zero-order valence-corrected chi connectivity index (χ0v) is 20.6.